The van der Waals surface area contributed by atoms with Gasteiger partial charge in [-0.05, 0) is 43.2 Å². The van der Waals surface area contributed by atoms with E-state index in [1.807, 2.05) is 13.8 Å². The van der Waals surface area contributed by atoms with Gasteiger partial charge in [-0.1, -0.05) is 11.6 Å². The van der Waals surface area contributed by atoms with Crippen molar-refractivity contribution >= 4 is 17.4 Å². The molecule has 18 heavy (non-hydrogen) atoms. The topological polar surface area (TPSA) is 37.8 Å². The molecule has 1 aromatic carbocycles. The summed E-state index contributed by atoms with van der Waals surface area (Å²) in [6.45, 7) is 3.86. The van der Waals surface area contributed by atoms with Crippen molar-refractivity contribution in [1.29, 1.82) is 0 Å². The number of hydrogen-bond acceptors (Lipinski definition) is 3. The number of benzene rings is 1. The summed E-state index contributed by atoms with van der Waals surface area (Å²) in [5.41, 5.74) is 3.08. The zero-order chi connectivity index (χ0) is 13.3. The van der Waals surface area contributed by atoms with Gasteiger partial charge < -0.3 is 5.32 Å². The largest absolute Gasteiger partial charge is 0.371 e. The highest BCUT2D eigenvalue weighted by atomic mass is 35.5. The van der Waals surface area contributed by atoms with Crippen molar-refractivity contribution in [2.75, 3.05) is 12.4 Å². The van der Waals surface area contributed by atoms with Gasteiger partial charge >= 0.3 is 0 Å². The van der Waals surface area contributed by atoms with Gasteiger partial charge in [0.25, 0.3) is 0 Å². The molecule has 0 unspecified atom stereocenters. The van der Waals surface area contributed by atoms with Crippen molar-refractivity contribution in [3.05, 3.63) is 40.2 Å². The maximum absolute atomic E-state index is 13.3. The van der Waals surface area contributed by atoms with Crippen molar-refractivity contribution in [3.8, 4) is 11.3 Å². The summed E-state index contributed by atoms with van der Waals surface area (Å²) in [7, 11) is 1.78. The van der Waals surface area contributed by atoms with Crippen LogP contribution in [0.3, 0.4) is 0 Å². The minimum absolute atomic E-state index is 0.342. The monoisotopic (exact) mass is 265 g/mol. The number of aromatic nitrogens is 2. The van der Waals surface area contributed by atoms with Gasteiger partial charge in [0.2, 0.25) is 0 Å². The minimum atomic E-state index is -0.342. The van der Waals surface area contributed by atoms with Crippen molar-refractivity contribution in [3.63, 3.8) is 0 Å². The lowest BCUT2D eigenvalue weighted by atomic mass is 10.0. The Labute approximate surface area is 110 Å². The lowest BCUT2D eigenvalue weighted by Gasteiger charge is -2.11. The molecule has 0 amide bonds. The van der Waals surface area contributed by atoms with Crippen LogP contribution in [0.4, 0.5) is 10.2 Å². The third-order valence-electron chi connectivity index (χ3n) is 2.94. The Balaban J connectivity index is 2.65. The normalized spacial score (nSPS) is 10.5. The molecule has 1 heterocycles. The van der Waals surface area contributed by atoms with E-state index in [2.05, 4.69) is 15.5 Å². The van der Waals surface area contributed by atoms with E-state index in [-0.39, 0.29) is 5.82 Å². The highest BCUT2D eigenvalue weighted by molar-refractivity contribution is 6.33. The summed E-state index contributed by atoms with van der Waals surface area (Å²) in [5, 5.41) is 11.6. The quantitative estimate of drug-likeness (QED) is 0.902. The molecule has 0 aliphatic rings. The van der Waals surface area contributed by atoms with Crippen LogP contribution in [-0.2, 0) is 0 Å². The first-order chi connectivity index (χ1) is 8.54. The van der Waals surface area contributed by atoms with E-state index < -0.39 is 0 Å². The number of hydrogen-bond donors (Lipinski definition) is 1. The molecular formula is C13H13ClFN3. The molecule has 94 valence electrons. The van der Waals surface area contributed by atoms with Gasteiger partial charge in [-0.3, -0.25) is 0 Å². The Morgan fingerprint density at radius 1 is 1.17 bits per heavy atom. The van der Waals surface area contributed by atoms with Gasteiger partial charge in [-0.2, -0.15) is 0 Å². The molecule has 2 rings (SSSR count). The molecule has 5 heteroatoms. The number of anilines is 1. The summed E-state index contributed by atoms with van der Waals surface area (Å²) in [4.78, 5) is 0. The smallest absolute Gasteiger partial charge is 0.151 e. The first-order valence-electron chi connectivity index (χ1n) is 5.51. The zero-order valence-corrected chi connectivity index (χ0v) is 11.1. The molecule has 0 radical (unpaired) electrons. The Hall–Kier alpha value is -1.68. The Kier molecular flexibility index (Phi) is 3.48. The van der Waals surface area contributed by atoms with Crippen LogP contribution in [0.25, 0.3) is 11.3 Å². The molecule has 0 atom stereocenters. The average Bonchev–Trinajstić information content (AvgIpc) is 2.36. The second-order valence-electron chi connectivity index (χ2n) is 4.02. The van der Waals surface area contributed by atoms with Crippen molar-refractivity contribution in [2.24, 2.45) is 0 Å². The number of rotatable bonds is 2. The maximum Gasteiger partial charge on any atom is 0.151 e. The fraction of sp³-hybridized carbons (Fsp3) is 0.231. The molecule has 0 saturated carbocycles. The summed E-state index contributed by atoms with van der Waals surface area (Å²) in [5.74, 6) is 0.370. The van der Waals surface area contributed by atoms with Crippen LogP contribution >= 0.6 is 11.6 Å². The van der Waals surface area contributed by atoms with E-state index in [4.69, 9.17) is 11.6 Å². The van der Waals surface area contributed by atoms with E-state index >= 15 is 0 Å². The van der Waals surface area contributed by atoms with Crippen molar-refractivity contribution < 1.29 is 4.39 Å². The molecule has 2 aromatic rings. The predicted octanol–water partition coefficient (Wildman–Crippen LogP) is 3.59. The first kappa shape index (κ1) is 12.8. The van der Waals surface area contributed by atoms with Crippen LogP contribution in [0.15, 0.2) is 18.2 Å². The third-order valence-corrected chi connectivity index (χ3v) is 3.27. The molecule has 0 aliphatic heterocycles. The first-order valence-corrected chi connectivity index (χ1v) is 5.89. The standard InChI is InChI=1S/C13H13ClFN3/c1-7-8(2)13(16-3)18-17-12(7)10-6-9(15)4-5-11(10)14/h4-6H,1-3H3,(H,16,18). The van der Waals surface area contributed by atoms with E-state index in [9.17, 15) is 4.39 Å². The number of halogens is 2. The van der Waals surface area contributed by atoms with Gasteiger partial charge in [0.15, 0.2) is 5.82 Å². The van der Waals surface area contributed by atoms with E-state index in [1.54, 1.807) is 7.05 Å². The SMILES string of the molecule is CNc1nnc(-c2cc(F)ccc2Cl)c(C)c1C. The van der Waals surface area contributed by atoms with Gasteiger partial charge in [0.05, 0.1) is 10.7 Å². The van der Waals surface area contributed by atoms with E-state index in [0.717, 1.165) is 11.1 Å². The van der Waals surface area contributed by atoms with Gasteiger partial charge in [0.1, 0.15) is 5.82 Å². The molecule has 0 aliphatic carbocycles. The van der Waals surface area contributed by atoms with E-state index in [0.29, 0.717) is 22.1 Å². The molecular weight excluding hydrogens is 253 g/mol. The summed E-state index contributed by atoms with van der Waals surface area (Å²) < 4.78 is 13.3. The lowest BCUT2D eigenvalue weighted by Crippen LogP contribution is -2.03. The number of nitrogens with zero attached hydrogens (tertiary/aromatic N) is 2. The molecule has 0 bridgehead atoms. The maximum atomic E-state index is 13.3. The Bertz CT molecular complexity index is 599. The van der Waals surface area contributed by atoms with Crippen LogP contribution in [0, 0.1) is 19.7 Å². The molecule has 1 N–H and O–H groups in total. The lowest BCUT2D eigenvalue weighted by molar-refractivity contribution is 0.628. The fourth-order valence-electron chi connectivity index (χ4n) is 1.78. The highest BCUT2D eigenvalue weighted by Gasteiger charge is 2.13. The number of nitrogens with one attached hydrogen (secondary N) is 1. The second kappa shape index (κ2) is 4.90. The van der Waals surface area contributed by atoms with E-state index in [1.165, 1.54) is 18.2 Å². The zero-order valence-electron chi connectivity index (χ0n) is 10.4. The Morgan fingerprint density at radius 3 is 2.56 bits per heavy atom. The summed E-state index contributed by atoms with van der Waals surface area (Å²) in [6, 6.07) is 4.22. The van der Waals surface area contributed by atoms with Crippen LogP contribution in [0.2, 0.25) is 5.02 Å². The second-order valence-corrected chi connectivity index (χ2v) is 4.43. The molecule has 1 aromatic heterocycles. The molecule has 0 saturated heterocycles. The van der Waals surface area contributed by atoms with Crippen LogP contribution in [0.5, 0.6) is 0 Å². The fourth-order valence-corrected chi connectivity index (χ4v) is 1.98. The van der Waals surface area contributed by atoms with Crippen molar-refractivity contribution in [2.45, 2.75) is 13.8 Å². The third kappa shape index (κ3) is 2.16. The van der Waals surface area contributed by atoms with Crippen LogP contribution in [-0.4, -0.2) is 17.2 Å². The summed E-state index contributed by atoms with van der Waals surface area (Å²) >= 11 is 6.08. The highest BCUT2D eigenvalue weighted by Crippen LogP contribution is 2.31. The molecule has 3 nitrogen and oxygen atoms in total. The minimum Gasteiger partial charge on any atom is -0.371 e. The predicted molar refractivity (Wildman–Crippen MR) is 71.5 cm³/mol. The Morgan fingerprint density at radius 2 is 1.89 bits per heavy atom. The van der Waals surface area contributed by atoms with Gasteiger partial charge in [-0.25, -0.2) is 4.39 Å². The molecule has 0 spiro atoms. The van der Waals surface area contributed by atoms with Crippen LogP contribution in [0.1, 0.15) is 11.1 Å². The van der Waals surface area contributed by atoms with Gasteiger partial charge in [-0.15, -0.1) is 10.2 Å². The van der Waals surface area contributed by atoms with Crippen molar-refractivity contribution in [1.82, 2.24) is 10.2 Å². The molecule has 0 fully saturated rings. The average molecular weight is 266 g/mol. The summed E-state index contributed by atoms with van der Waals surface area (Å²) in [6.07, 6.45) is 0. The van der Waals surface area contributed by atoms with Crippen LogP contribution < -0.4 is 5.32 Å². The van der Waals surface area contributed by atoms with Gasteiger partial charge in [0, 0.05) is 12.6 Å².